The van der Waals surface area contributed by atoms with Crippen molar-refractivity contribution in [2.45, 2.75) is 38.8 Å². The molecule has 1 heterocycles. The van der Waals surface area contributed by atoms with Crippen LogP contribution in [0.15, 0.2) is 12.1 Å². The molecule has 0 aliphatic carbocycles. The lowest BCUT2D eigenvalue weighted by Gasteiger charge is -2.28. The fraction of sp³-hybridized carbons (Fsp3) is 0.625. The van der Waals surface area contributed by atoms with E-state index in [2.05, 4.69) is 5.32 Å². The van der Waals surface area contributed by atoms with E-state index in [-0.39, 0.29) is 29.4 Å². The van der Waals surface area contributed by atoms with Crippen molar-refractivity contribution in [3.05, 3.63) is 29.3 Å². The molecule has 1 saturated heterocycles. The predicted octanol–water partition coefficient (Wildman–Crippen LogP) is 3.44. The highest BCUT2D eigenvalue weighted by atomic mass is 19.1. The number of ether oxygens (including phenoxy) is 2. The third-order valence-electron chi connectivity index (χ3n) is 4.08. The van der Waals surface area contributed by atoms with Crippen molar-refractivity contribution in [3.8, 4) is 5.75 Å². The van der Waals surface area contributed by atoms with Crippen LogP contribution in [0.1, 0.15) is 38.3 Å². The summed E-state index contributed by atoms with van der Waals surface area (Å²) in [4.78, 5) is 0. The first kappa shape index (κ1) is 16.2. The van der Waals surface area contributed by atoms with Crippen molar-refractivity contribution in [1.29, 1.82) is 0 Å². The second-order valence-electron chi connectivity index (χ2n) is 5.46. The minimum atomic E-state index is -0.570. The standard InChI is InChI=1S/C16H23F2NO2/c1-4-6-19-16(12-5-7-21-10(12)2)15-13(17)8-11(20-3)9-14(15)18/h8-10,12,16,19H,4-7H2,1-3H3. The molecule has 3 unspecified atom stereocenters. The lowest BCUT2D eigenvalue weighted by Crippen LogP contribution is -2.33. The molecule has 3 nitrogen and oxygen atoms in total. The lowest BCUT2D eigenvalue weighted by molar-refractivity contribution is 0.0944. The Bertz CT molecular complexity index is 458. The van der Waals surface area contributed by atoms with E-state index < -0.39 is 11.6 Å². The average Bonchev–Trinajstić information content (AvgIpc) is 2.87. The summed E-state index contributed by atoms with van der Waals surface area (Å²) in [5, 5.41) is 3.28. The first-order valence-electron chi connectivity index (χ1n) is 7.46. The largest absolute Gasteiger partial charge is 0.497 e. The summed E-state index contributed by atoms with van der Waals surface area (Å²) in [6.07, 6.45) is 1.69. The Morgan fingerprint density at radius 3 is 2.52 bits per heavy atom. The molecule has 5 heteroatoms. The molecule has 2 rings (SSSR count). The number of rotatable bonds is 6. The average molecular weight is 299 g/mol. The van der Waals surface area contributed by atoms with E-state index in [0.717, 1.165) is 12.8 Å². The van der Waals surface area contributed by atoms with Crippen LogP contribution in [0.25, 0.3) is 0 Å². The van der Waals surface area contributed by atoms with E-state index in [4.69, 9.17) is 9.47 Å². The van der Waals surface area contributed by atoms with E-state index in [9.17, 15) is 8.78 Å². The van der Waals surface area contributed by atoms with Crippen LogP contribution < -0.4 is 10.1 Å². The van der Waals surface area contributed by atoms with E-state index in [1.807, 2.05) is 13.8 Å². The van der Waals surface area contributed by atoms with E-state index >= 15 is 0 Å². The molecule has 1 aliphatic rings. The third kappa shape index (κ3) is 3.52. The molecule has 118 valence electrons. The van der Waals surface area contributed by atoms with Crippen molar-refractivity contribution < 1.29 is 18.3 Å². The lowest BCUT2D eigenvalue weighted by atomic mass is 9.87. The molecule has 1 aromatic carbocycles. The summed E-state index contributed by atoms with van der Waals surface area (Å²) in [7, 11) is 1.40. The van der Waals surface area contributed by atoms with Crippen LogP contribution in [0.4, 0.5) is 8.78 Å². The molecule has 0 saturated carbocycles. The van der Waals surface area contributed by atoms with Crippen molar-refractivity contribution in [3.63, 3.8) is 0 Å². The number of nitrogens with one attached hydrogen (secondary N) is 1. The molecule has 0 spiro atoms. The zero-order valence-electron chi connectivity index (χ0n) is 12.8. The zero-order chi connectivity index (χ0) is 15.4. The van der Waals surface area contributed by atoms with Gasteiger partial charge in [-0.1, -0.05) is 6.92 Å². The Morgan fingerprint density at radius 1 is 1.38 bits per heavy atom. The second kappa shape index (κ2) is 7.18. The van der Waals surface area contributed by atoms with Crippen molar-refractivity contribution in [2.24, 2.45) is 5.92 Å². The maximum absolute atomic E-state index is 14.4. The summed E-state index contributed by atoms with van der Waals surface area (Å²) in [6.45, 7) is 5.32. The molecule has 0 amide bonds. The smallest absolute Gasteiger partial charge is 0.134 e. The van der Waals surface area contributed by atoms with Crippen LogP contribution >= 0.6 is 0 Å². The highest BCUT2D eigenvalue weighted by Gasteiger charge is 2.35. The van der Waals surface area contributed by atoms with Gasteiger partial charge in [0, 0.05) is 36.3 Å². The fourth-order valence-corrected chi connectivity index (χ4v) is 2.93. The fourth-order valence-electron chi connectivity index (χ4n) is 2.93. The highest BCUT2D eigenvalue weighted by molar-refractivity contribution is 5.33. The normalized spacial score (nSPS) is 23.3. The third-order valence-corrected chi connectivity index (χ3v) is 4.08. The van der Waals surface area contributed by atoms with Gasteiger partial charge in [-0.15, -0.1) is 0 Å². The quantitative estimate of drug-likeness (QED) is 0.873. The minimum absolute atomic E-state index is 0.0137. The Morgan fingerprint density at radius 2 is 2.05 bits per heavy atom. The first-order chi connectivity index (χ1) is 10.1. The Labute approximate surface area is 124 Å². The SMILES string of the molecule is CCCNC(c1c(F)cc(OC)cc1F)C1CCOC1C. The van der Waals surface area contributed by atoms with Gasteiger partial charge in [-0.05, 0) is 26.3 Å². The molecule has 21 heavy (non-hydrogen) atoms. The van der Waals surface area contributed by atoms with Crippen molar-refractivity contribution in [2.75, 3.05) is 20.3 Å². The summed E-state index contributed by atoms with van der Waals surface area (Å²) >= 11 is 0. The van der Waals surface area contributed by atoms with E-state index in [0.29, 0.717) is 13.2 Å². The molecular formula is C16H23F2NO2. The van der Waals surface area contributed by atoms with Crippen LogP contribution in [0, 0.1) is 17.6 Å². The van der Waals surface area contributed by atoms with Crippen molar-refractivity contribution in [1.82, 2.24) is 5.32 Å². The van der Waals surface area contributed by atoms with Gasteiger partial charge in [0.1, 0.15) is 17.4 Å². The van der Waals surface area contributed by atoms with Crippen LogP contribution in [-0.2, 0) is 4.74 Å². The van der Waals surface area contributed by atoms with Gasteiger partial charge < -0.3 is 14.8 Å². The van der Waals surface area contributed by atoms with Crippen LogP contribution in [0.3, 0.4) is 0 Å². The monoisotopic (exact) mass is 299 g/mol. The summed E-state index contributed by atoms with van der Waals surface area (Å²) in [5.41, 5.74) is 0.0894. The van der Waals surface area contributed by atoms with E-state index in [1.54, 1.807) is 0 Å². The number of halogens is 2. The van der Waals surface area contributed by atoms with Gasteiger partial charge in [0.25, 0.3) is 0 Å². The van der Waals surface area contributed by atoms with Gasteiger partial charge in [0.15, 0.2) is 0 Å². The van der Waals surface area contributed by atoms with Crippen LogP contribution in [0.5, 0.6) is 5.75 Å². The maximum atomic E-state index is 14.4. The summed E-state index contributed by atoms with van der Waals surface area (Å²) in [6, 6.07) is 2.09. The van der Waals surface area contributed by atoms with Gasteiger partial charge in [-0.3, -0.25) is 0 Å². The van der Waals surface area contributed by atoms with Crippen LogP contribution in [0.2, 0.25) is 0 Å². The highest BCUT2D eigenvalue weighted by Crippen LogP contribution is 2.36. The Kier molecular flexibility index (Phi) is 5.53. The second-order valence-corrected chi connectivity index (χ2v) is 5.46. The molecule has 0 aromatic heterocycles. The van der Waals surface area contributed by atoms with E-state index in [1.165, 1.54) is 19.2 Å². The first-order valence-corrected chi connectivity index (χ1v) is 7.46. The van der Waals surface area contributed by atoms with Gasteiger partial charge in [-0.2, -0.15) is 0 Å². The van der Waals surface area contributed by atoms with Gasteiger partial charge in [0.2, 0.25) is 0 Å². The molecule has 1 aliphatic heterocycles. The number of benzene rings is 1. The molecule has 1 aromatic rings. The zero-order valence-corrected chi connectivity index (χ0v) is 12.8. The summed E-state index contributed by atoms with van der Waals surface area (Å²) < 4.78 is 39.2. The molecular weight excluding hydrogens is 276 g/mol. The van der Waals surface area contributed by atoms with Gasteiger partial charge in [0.05, 0.1) is 13.2 Å². The number of hydrogen-bond donors (Lipinski definition) is 1. The Balaban J connectivity index is 2.36. The summed E-state index contributed by atoms with van der Waals surface area (Å²) in [5.74, 6) is -0.883. The molecule has 1 fully saturated rings. The number of hydrogen-bond acceptors (Lipinski definition) is 3. The topological polar surface area (TPSA) is 30.5 Å². The van der Waals surface area contributed by atoms with Crippen molar-refractivity contribution >= 4 is 0 Å². The Hall–Kier alpha value is -1.20. The molecule has 0 bridgehead atoms. The molecule has 1 N–H and O–H groups in total. The van der Waals surface area contributed by atoms with Gasteiger partial charge in [-0.25, -0.2) is 8.78 Å². The minimum Gasteiger partial charge on any atom is -0.497 e. The predicted molar refractivity (Wildman–Crippen MR) is 77.5 cm³/mol. The molecule has 0 radical (unpaired) electrons. The maximum Gasteiger partial charge on any atom is 0.134 e. The van der Waals surface area contributed by atoms with Gasteiger partial charge >= 0.3 is 0 Å². The number of methoxy groups -OCH3 is 1. The molecule has 3 atom stereocenters. The van der Waals surface area contributed by atoms with Crippen LogP contribution in [-0.4, -0.2) is 26.4 Å².